The minimum atomic E-state index is -3.51. The van der Waals surface area contributed by atoms with Crippen LogP contribution < -0.4 is 5.32 Å². The number of hydrogen-bond acceptors (Lipinski definition) is 3. The molecule has 1 unspecified atom stereocenters. The first-order valence-corrected chi connectivity index (χ1v) is 9.37. The fourth-order valence-electron chi connectivity index (χ4n) is 2.82. The predicted molar refractivity (Wildman–Crippen MR) is 83.6 cm³/mol. The van der Waals surface area contributed by atoms with Crippen LogP contribution in [0.1, 0.15) is 43.4 Å². The molecule has 2 rings (SSSR count). The maximum absolute atomic E-state index is 13.7. The first kappa shape index (κ1) is 16.9. The number of carbonyl (C=O) groups excluding carboxylic acids is 1. The van der Waals surface area contributed by atoms with E-state index in [0.717, 1.165) is 25.7 Å². The van der Waals surface area contributed by atoms with Gasteiger partial charge in [-0.05, 0) is 25.8 Å². The number of hydrogen-bond donors (Lipinski definition) is 1. The van der Waals surface area contributed by atoms with Crippen molar-refractivity contribution in [2.75, 3.05) is 12.3 Å². The van der Waals surface area contributed by atoms with Gasteiger partial charge in [0.1, 0.15) is 5.82 Å². The standard InChI is InChI=1S/C16H22FNO3S/c1-12(14-8-4-5-9-15(14)17)22(20,21)11-10-18-16(19)13-6-2-3-7-13/h4-5,8-9,12-13H,2-3,6-7,10-11H2,1H3,(H,18,19). The molecule has 0 aliphatic heterocycles. The highest BCUT2D eigenvalue weighted by molar-refractivity contribution is 7.91. The van der Waals surface area contributed by atoms with Gasteiger partial charge in [-0.15, -0.1) is 0 Å². The second-order valence-corrected chi connectivity index (χ2v) is 8.24. The van der Waals surface area contributed by atoms with E-state index in [1.165, 1.54) is 25.1 Å². The highest BCUT2D eigenvalue weighted by atomic mass is 32.2. The zero-order valence-electron chi connectivity index (χ0n) is 12.7. The van der Waals surface area contributed by atoms with Gasteiger partial charge in [-0.2, -0.15) is 0 Å². The van der Waals surface area contributed by atoms with Gasteiger partial charge in [0.15, 0.2) is 9.84 Å². The Labute approximate surface area is 131 Å². The second-order valence-electron chi connectivity index (χ2n) is 5.80. The van der Waals surface area contributed by atoms with Gasteiger partial charge in [-0.3, -0.25) is 4.79 Å². The molecule has 1 aliphatic carbocycles. The molecule has 22 heavy (non-hydrogen) atoms. The van der Waals surface area contributed by atoms with Crippen molar-refractivity contribution >= 4 is 15.7 Å². The fourth-order valence-corrected chi connectivity index (χ4v) is 4.14. The number of sulfone groups is 1. The minimum Gasteiger partial charge on any atom is -0.355 e. The molecule has 0 heterocycles. The van der Waals surface area contributed by atoms with Crippen LogP contribution in [0.3, 0.4) is 0 Å². The van der Waals surface area contributed by atoms with Gasteiger partial charge in [0.05, 0.1) is 11.0 Å². The van der Waals surface area contributed by atoms with E-state index in [-0.39, 0.29) is 29.7 Å². The Hall–Kier alpha value is -1.43. The van der Waals surface area contributed by atoms with E-state index in [0.29, 0.717) is 0 Å². The zero-order chi connectivity index (χ0) is 16.2. The molecule has 1 saturated carbocycles. The Balaban J connectivity index is 1.90. The average Bonchev–Trinajstić information content (AvgIpc) is 3.01. The lowest BCUT2D eigenvalue weighted by molar-refractivity contribution is -0.124. The van der Waals surface area contributed by atoms with Crippen LogP contribution in [0.25, 0.3) is 0 Å². The third-order valence-corrected chi connectivity index (χ3v) is 6.40. The lowest BCUT2D eigenvalue weighted by atomic mass is 10.1. The average molecular weight is 327 g/mol. The number of rotatable bonds is 6. The highest BCUT2D eigenvalue weighted by Gasteiger charge is 2.26. The molecule has 1 aromatic rings. The quantitative estimate of drug-likeness (QED) is 0.873. The molecular formula is C16H22FNO3S. The summed E-state index contributed by atoms with van der Waals surface area (Å²) >= 11 is 0. The Bertz CT molecular complexity index is 624. The van der Waals surface area contributed by atoms with Gasteiger partial charge in [0, 0.05) is 18.0 Å². The Morgan fingerprint density at radius 1 is 1.32 bits per heavy atom. The minimum absolute atomic E-state index is 0.0201. The highest BCUT2D eigenvalue weighted by Crippen LogP contribution is 2.26. The smallest absolute Gasteiger partial charge is 0.223 e. The molecule has 0 spiro atoms. The van der Waals surface area contributed by atoms with E-state index >= 15 is 0 Å². The number of carbonyl (C=O) groups is 1. The van der Waals surface area contributed by atoms with Crippen molar-refractivity contribution in [1.82, 2.24) is 5.32 Å². The molecular weight excluding hydrogens is 305 g/mol. The summed E-state index contributed by atoms with van der Waals surface area (Å²) in [5.74, 6) is -0.743. The number of halogens is 1. The Morgan fingerprint density at radius 2 is 1.95 bits per heavy atom. The molecule has 0 saturated heterocycles. The maximum atomic E-state index is 13.7. The third kappa shape index (κ3) is 4.06. The van der Waals surface area contributed by atoms with E-state index < -0.39 is 20.9 Å². The lowest BCUT2D eigenvalue weighted by Crippen LogP contribution is -2.34. The summed E-state index contributed by atoms with van der Waals surface area (Å²) < 4.78 is 38.2. The van der Waals surface area contributed by atoms with Gasteiger partial charge in [-0.1, -0.05) is 31.0 Å². The van der Waals surface area contributed by atoms with Crippen molar-refractivity contribution in [3.63, 3.8) is 0 Å². The first-order valence-electron chi connectivity index (χ1n) is 7.65. The van der Waals surface area contributed by atoms with Crippen molar-refractivity contribution in [1.29, 1.82) is 0 Å². The van der Waals surface area contributed by atoms with E-state index in [4.69, 9.17) is 0 Å². The molecule has 1 fully saturated rings. The SMILES string of the molecule is CC(c1ccccc1F)S(=O)(=O)CCNC(=O)C1CCCC1. The molecule has 122 valence electrons. The van der Waals surface area contributed by atoms with Crippen molar-refractivity contribution in [3.8, 4) is 0 Å². The summed E-state index contributed by atoms with van der Waals surface area (Å²) in [5.41, 5.74) is 0.171. The van der Waals surface area contributed by atoms with Crippen LogP contribution in [0.15, 0.2) is 24.3 Å². The number of benzene rings is 1. The van der Waals surface area contributed by atoms with Crippen LogP contribution >= 0.6 is 0 Å². The summed E-state index contributed by atoms with van der Waals surface area (Å²) in [7, 11) is -3.51. The lowest BCUT2D eigenvalue weighted by Gasteiger charge is -2.15. The molecule has 0 aromatic heterocycles. The van der Waals surface area contributed by atoms with Crippen LogP contribution in [-0.2, 0) is 14.6 Å². The number of amides is 1. The molecule has 0 bridgehead atoms. The summed E-state index contributed by atoms with van der Waals surface area (Å²) in [4.78, 5) is 11.9. The van der Waals surface area contributed by atoms with Crippen molar-refractivity contribution in [2.24, 2.45) is 5.92 Å². The molecule has 1 amide bonds. The van der Waals surface area contributed by atoms with Gasteiger partial charge in [0.2, 0.25) is 5.91 Å². The predicted octanol–water partition coefficient (Wildman–Crippen LogP) is 2.61. The molecule has 6 heteroatoms. The Morgan fingerprint density at radius 3 is 2.59 bits per heavy atom. The monoisotopic (exact) mass is 327 g/mol. The molecule has 0 radical (unpaired) electrons. The van der Waals surface area contributed by atoms with E-state index in [1.54, 1.807) is 6.07 Å². The van der Waals surface area contributed by atoms with E-state index in [9.17, 15) is 17.6 Å². The fraction of sp³-hybridized carbons (Fsp3) is 0.562. The van der Waals surface area contributed by atoms with Crippen LogP contribution in [-0.4, -0.2) is 26.6 Å². The van der Waals surface area contributed by atoms with Crippen molar-refractivity contribution in [2.45, 2.75) is 37.9 Å². The van der Waals surface area contributed by atoms with Crippen molar-refractivity contribution < 1.29 is 17.6 Å². The number of nitrogens with one attached hydrogen (secondary N) is 1. The van der Waals surface area contributed by atoms with Crippen LogP contribution in [0.5, 0.6) is 0 Å². The Kier molecular flexibility index (Phi) is 5.56. The summed E-state index contributed by atoms with van der Waals surface area (Å²) in [5, 5.41) is 1.77. The van der Waals surface area contributed by atoms with Gasteiger partial charge in [-0.25, -0.2) is 12.8 Å². The van der Waals surface area contributed by atoms with Gasteiger partial charge >= 0.3 is 0 Å². The maximum Gasteiger partial charge on any atom is 0.223 e. The van der Waals surface area contributed by atoms with Crippen molar-refractivity contribution in [3.05, 3.63) is 35.6 Å². The van der Waals surface area contributed by atoms with Crippen LogP contribution in [0.4, 0.5) is 4.39 Å². The molecule has 4 nitrogen and oxygen atoms in total. The molecule has 1 aromatic carbocycles. The largest absolute Gasteiger partial charge is 0.355 e. The summed E-state index contributed by atoms with van der Waals surface area (Å²) in [6.07, 6.45) is 3.87. The van der Waals surface area contributed by atoms with E-state index in [1.807, 2.05) is 0 Å². The van der Waals surface area contributed by atoms with Gasteiger partial charge in [0.25, 0.3) is 0 Å². The summed E-state index contributed by atoms with van der Waals surface area (Å²) in [6.45, 7) is 1.56. The van der Waals surface area contributed by atoms with Gasteiger partial charge < -0.3 is 5.32 Å². The normalized spacial score (nSPS) is 17.4. The summed E-state index contributed by atoms with van der Waals surface area (Å²) in [6, 6.07) is 5.88. The topological polar surface area (TPSA) is 63.2 Å². The molecule has 1 atom stereocenters. The zero-order valence-corrected chi connectivity index (χ0v) is 13.5. The molecule has 1 aliphatic rings. The van der Waals surface area contributed by atoms with E-state index in [2.05, 4.69) is 5.32 Å². The molecule has 1 N–H and O–H groups in total. The second kappa shape index (κ2) is 7.22. The van der Waals surface area contributed by atoms with Crippen LogP contribution in [0, 0.1) is 11.7 Å². The third-order valence-electron chi connectivity index (χ3n) is 4.29. The first-order chi connectivity index (χ1) is 10.4. The van der Waals surface area contributed by atoms with Crippen LogP contribution in [0.2, 0.25) is 0 Å².